The summed E-state index contributed by atoms with van der Waals surface area (Å²) in [7, 11) is 1.64. The summed E-state index contributed by atoms with van der Waals surface area (Å²) in [4.78, 5) is 12.9. The molecule has 0 bridgehead atoms. The summed E-state index contributed by atoms with van der Waals surface area (Å²) in [6.07, 6.45) is 1.31. The second kappa shape index (κ2) is 8.01. The number of hydrogen-bond acceptors (Lipinski definition) is 3. The molecule has 4 heteroatoms. The van der Waals surface area contributed by atoms with Gasteiger partial charge in [0.2, 0.25) is 5.91 Å². The predicted octanol–water partition coefficient (Wildman–Crippen LogP) is 0.254. The first kappa shape index (κ1) is 12.4. The molecule has 78 valence electrons. The molecule has 0 aliphatic rings. The lowest BCUT2D eigenvalue weighted by molar-refractivity contribution is -0.131. The summed E-state index contributed by atoms with van der Waals surface area (Å²) >= 11 is 0. The van der Waals surface area contributed by atoms with Gasteiger partial charge in [0, 0.05) is 33.2 Å². The van der Waals surface area contributed by atoms with Crippen LogP contribution >= 0.6 is 0 Å². The molecular weight excluding hydrogens is 170 g/mol. The fourth-order valence-corrected chi connectivity index (χ4v) is 1.11. The number of carbonyl (C=O) groups excluding carboxylic acids is 1. The molecule has 0 radical (unpaired) electrons. The van der Waals surface area contributed by atoms with E-state index in [1.165, 1.54) is 0 Å². The highest BCUT2D eigenvalue weighted by molar-refractivity contribution is 5.75. The van der Waals surface area contributed by atoms with Gasteiger partial charge in [-0.2, -0.15) is 0 Å². The van der Waals surface area contributed by atoms with Crippen LogP contribution in [0.15, 0.2) is 0 Å². The van der Waals surface area contributed by atoms with Gasteiger partial charge in [-0.25, -0.2) is 0 Å². The number of rotatable bonds is 7. The van der Waals surface area contributed by atoms with E-state index in [0.717, 1.165) is 6.42 Å². The first-order valence-corrected chi connectivity index (χ1v) is 4.63. The summed E-state index contributed by atoms with van der Waals surface area (Å²) in [5, 5.41) is 8.71. The van der Waals surface area contributed by atoms with E-state index in [1.807, 2.05) is 6.92 Å². The molecule has 0 saturated heterocycles. The van der Waals surface area contributed by atoms with Gasteiger partial charge in [0.05, 0.1) is 6.61 Å². The standard InChI is InChI=1S/C9H19NO3/c1-3-9(12)10(6-7-11)5-4-8-13-2/h11H,3-8H2,1-2H3. The van der Waals surface area contributed by atoms with Crippen LogP contribution < -0.4 is 0 Å². The van der Waals surface area contributed by atoms with Crippen LogP contribution in [0.1, 0.15) is 19.8 Å². The van der Waals surface area contributed by atoms with Crippen molar-refractivity contribution >= 4 is 5.91 Å². The van der Waals surface area contributed by atoms with E-state index in [4.69, 9.17) is 9.84 Å². The van der Waals surface area contributed by atoms with Gasteiger partial charge in [-0.1, -0.05) is 6.92 Å². The Kier molecular flexibility index (Phi) is 7.63. The maximum atomic E-state index is 11.3. The van der Waals surface area contributed by atoms with E-state index in [1.54, 1.807) is 12.0 Å². The van der Waals surface area contributed by atoms with Gasteiger partial charge in [-0.05, 0) is 6.42 Å². The maximum absolute atomic E-state index is 11.3. The molecular formula is C9H19NO3. The molecule has 1 amide bonds. The van der Waals surface area contributed by atoms with Crippen LogP contribution in [-0.4, -0.2) is 49.3 Å². The Hall–Kier alpha value is -0.610. The molecule has 0 aromatic rings. The first-order chi connectivity index (χ1) is 6.26. The van der Waals surface area contributed by atoms with E-state index in [9.17, 15) is 4.79 Å². The monoisotopic (exact) mass is 189 g/mol. The van der Waals surface area contributed by atoms with Gasteiger partial charge in [0.15, 0.2) is 0 Å². The van der Waals surface area contributed by atoms with Crippen molar-refractivity contribution in [3.05, 3.63) is 0 Å². The molecule has 0 aliphatic heterocycles. The van der Waals surface area contributed by atoms with E-state index >= 15 is 0 Å². The predicted molar refractivity (Wildman–Crippen MR) is 50.4 cm³/mol. The quantitative estimate of drug-likeness (QED) is 0.584. The lowest BCUT2D eigenvalue weighted by Gasteiger charge is -2.20. The zero-order chi connectivity index (χ0) is 10.1. The number of ether oxygens (including phenoxy) is 1. The number of hydrogen-bond donors (Lipinski definition) is 1. The third kappa shape index (κ3) is 5.60. The normalized spacial score (nSPS) is 10.1. The fourth-order valence-electron chi connectivity index (χ4n) is 1.11. The van der Waals surface area contributed by atoms with E-state index in [0.29, 0.717) is 26.1 Å². The van der Waals surface area contributed by atoms with Crippen LogP contribution in [0.5, 0.6) is 0 Å². The summed E-state index contributed by atoms with van der Waals surface area (Å²) in [5.41, 5.74) is 0. The van der Waals surface area contributed by atoms with Crippen molar-refractivity contribution in [2.45, 2.75) is 19.8 Å². The topological polar surface area (TPSA) is 49.8 Å². The lowest BCUT2D eigenvalue weighted by Crippen LogP contribution is -2.34. The minimum atomic E-state index is 0.0265. The van der Waals surface area contributed by atoms with Crippen molar-refractivity contribution < 1.29 is 14.6 Å². The van der Waals surface area contributed by atoms with Crippen molar-refractivity contribution in [2.24, 2.45) is 0 Å². The fraction of sp³-hybridized carbons (Fsp3) is 0.889. The highest BCUT2D eigenvalue weighted by Crippen LogP contribution is 1.95. The third-order valence-corrected chi connectivity index (χ3v) is 1.80. The molecule has 0 atom stereocenters. The summed E-state index contributed by atoms with van der Waals surface area (Å²) in [6.45, 7) is 3.60. The number of carbonyl (C=O) groups is 1. The van der Waals surface area contributed by atoms with Crippen LogP contribution in [0.3, 0.4) is 0 Å². The lowest BCUT2D eigenvalue weighted by atomic mass is 10.3. The molecule has 0 unspecified atom stereocenters. The molecule has 0 saturated carbocycles. The Morgan fingerprint density at radius 3 is 2.62 bits per heavy atom. The molecule has 1 N–H and O–H groups in total. The second-order valence-electron chi connectivity index (χ2n) is 2.80. The molecule has 0 rings (SSSR count). The minimum absolute atomic E-state index is 0.0265. The van der Waals surface area contributed by atoms with Crippen LogP contribution in [0.4, 0.5) is 0 Å². The van der Waals surface area contributed by atoms with Crippen LogP contribution in [0, 0.1) is 0 Å². The van der Waals surface area contributed by atoms with Gasteiger partial charge in [0.1, 0.15) is 0 Å². The van der Waals surface area contributed by atoms with Gasteiger partial charge in [-0.15, -0.1) is 0 Å². The zero-order valence-corrected chi connectivity index (χ0v) is 8.45. The van der Waals surface area contributed by atoms with Crippen LogP contribution in [0.25, 0.3) is 0 Å². The molecule has 0 aromatic heterocycles. The van der Waals surface area contributed by atoms with Crippen molar-refractivity contribution in [1.29, 1.82) is 0 Å². The maximum Gasteiger partial charge on any atom is 0.222 e. The average Bonchev–Trinajstić information content (AvgIpc) is 2.16. The summed E-state index contributed by atoms with van der Waals surface area (Å²) in [6, 6.07) is 0. The first-order valence-electron chi connectivity index (χ1n) is 4.63. The van der Waals surface area contributed by atoms with Gasteiger partial charge >= 0.3 is 0 Å². The van der Waals surface area contributed by atoms with Gasteiger partial charge in [0.25, 0.3) is 0 Å². The van der Waals surface area contributed by atoms with Crippen molar-refractivity contribution in [2.75, 3.05) is 33.4 Å². The molecule has 0 spiro atoms. The minimum Gasteiger partial charge on any atom is -0.395 e. The Morgan fingerprint density at radius 2 is 2.15 bits per heavy atom. The number of methoxy groups -OCH3 is 1. The Balaban J connectivity index is 3.73. The number of aliphatic hydroxyl groups excluding tert-OH is 1. The summed E-state index contributed by atoms with van der Waals surface area (Å²) in [5.74, 6) is 0.0881. The molecule has 4 nitrogen and oxygen atoms in total. The second-order valence-corrected chi connectivity index (χ2v) is 2.80. The van der Waals surface area contributed by atoms with Gasteiger partial charge in [-0.3, -0.25) is 4.79 Å². The number of nitrogens with zero attached hydrogens (tertiary/aromatic N) is 1. The largest absolute Gasteiger partial charge is 0.395 e. The summed E-state index contributed by atoms with van der Waals surface area (Å²) < 4.78 is 4.88. The Morgan fingerprint density at radius 1 is 1.46 bits per heavy atom. The number of amides is 1. The van der Waals surface area contributed by atoms with E-state index in [2.05, 4.69) is 0 Å². The number of aliphatic hydroxyl groups is 1. The highest BCUT2D eigenvalue weighted by atomic mass is 16.5. The third-order valence-electron chi connectivity index (χ3n) is 1.80. The Labute approximate surface area is 79.5 Å². The molecule has 0 heterocycles. The van der Waals surface area contributed by atoms with E-state index in [-0.39, 0.29) is 12.5 Å². The van der Waals surface area contributed by atoms with Crippen molar-refractivity contribution in [1.82, 2.24) is 4.90 Å². The van der Waals surface area contributed by atoms with E-state index < -0.39 is 0 Å². The van der Waals surface area contributed by atoms with Crippen molar-refractivity contribution in [3.63, 3.8) is 0 Å². The SMILES string of the molecule is CCC(=O)N(CCO)CCCOC. The molecule has 0 fully saturated rings. The van der Waals surface area contributed by atoms with Gasteiger partial charge < -0.3 is 14.7 Å². The molecule has 0 aliphatic carbocycles. The Bertz CT molecular complexity index is 139. The highest BCUT2D eigenvalue weighted by Gasteiger charge is 2.09. The average molecular weight is 189 g/mol. The van der Waals surface area contributed by atoms with Crippen molar-refractivity contribution in [3.8, 4) is 0 Å². The molecule has 0 aromatic carbocycles. The van der Waals surface area contributed by atoms with Crippen LogP contribution in [0.2, 0.25) is 0 Å². The molecule has 13 heavy (non-hydrogen) atoms. The zero-order valence-electron chi connectivity index (χ0n) is 8.45. The van der Waals surface area contributed by atoms with Crippen LogP contribution in [-0.2, 0) is 9.53 Å². The smallest absolute Gasteiger partial charge is 0.222 e.